The van der Waals surface area contributed by atoms with E-state index in [0.717, 1.165) is 31.4 Å². The van der Waals surface area contributed by atoms with Crippen molar-refractivity contribution in [1.82, 2.24) is 4.90 Å². The molecule has 18 heavy (non-hydrogen) atoms. The number of halogens is 1. The smallest absolute Gasteiger partial charge is 0.225 e. The quantitative estimate of drug-likeness (QED) is 0.802. The Morgan fingerprint density at radius 2 is 2.11 bits per heavy atom. The van der Waals surface area contributed by atoms with Gasteiger partial charge in [0.25, 0.3) is 0 Å². The molecule has 1 amide bonds. The van der Waals surface area contributed by atoms with Crippen LogP contribution < -0.4 is 0 Å². The highest BCUT2D eigenvalue weighted by Crippen LogP contribution is 2.33. The molecular formula is C15H20FNO. The number of rotatable bonds is 3. The van der Waals surface area contributed by atoms with E-state index in [2.05, 4.69) is 0 Å². The van der Waals surface area contributed by atoms with Gasteiger partial charge < -0.3 is 4.90 Å². The van der Waals surface area contributed by atoms with E-state index in [1.165, 1.54) is 12.1 Å². The molecule has 0 aliphatic carbocycles. The van der Waals surface area contributed by atoms with Crippen LogP contribution in [0.15, 0.2) is 24.3 Å². The van der Waals surface area contributed by atoms with Crippen molar-refractivity contribution in [3.8, 4) is 0 Å². The molecule has 1 aromatic carbocycles. The average molecular weight is 249 g/mol. The van der Waals surface area contributed by atoms with Gasteiger partial charge in [0.2, 0.25) is 5.91 Å². The minimum absolute atomic E-state index is 0.0750. The Kier molecular flexibility index (Phi) is 4.00. The third kappa shape index (κ3) is 2.55. The van der Waals surface area contributed by atoms with Crippen molar-refractivity contribution < 1.29 is 9.18 Å². The summed E-state index contributed by atoms with van der Waals surface area (Å²) < 4.78 is 12.9. The number of amides is 1. The number of nitrogens with zero attached hydrogens (tertiary/aromatic N) is 1. The molecule has 0 spiro atoms. The third-order valence-corrected chi connectivity index (χ3v) is 3.82. The van der Waals surface area contributed by atoms with Gasteiger partial charge in [0.1, 0.15) is 5.82 Å². The first-order valence-corrected chi connectivity index (χ1v) is 6.69. The van der Waals surface area contributed by atoms with E-state index in [9.17, 15) is 9.18 Å². The Morgan fingerprint density at radius 3 is 2.72 bits per heavy atom. The van der Waals surface area contributed by atoms with Gasteiger partial charge in [0.05, 0.1) is 6.04 Å². The van der Waals surface area contributed by atoms with E-state index in [1.54, 1.807) is 12.1 Å². The van der Waals surface area contributed by atoms with Crippen molar-refractivity contribution >= 4 is 5.91 Å². The highest BCUT2D eigenvalue weighted by Gasteiger charge is 2.31. The zero-order valence-corrected chi connectivity index (χ0v) is 11.0. The Hall–Kier alpha value is -1.38. The van der Waals surface area contributed by atoms with Gasteiger partial charge in [-0.15, -0.1) is 0 Å². The van der Waals surface area contributed by atoms with Gasteiger partial charge in [-0.3, -0.25) is 4.79 Å². The lowest BCUT2D eigenvalue weighted by atomic mass is 10.0. The van der Waals surface area contributed by atoms with E-state index in [1.807, 2.05) is 18.7 Å². The van der Waals surface area contributed by atoms with Crippen molar-refractivity contribution in [3.05, 3.63) is 35.6 Å². The molecule has 0 radical (unpaired) electrons. The molecule has 1 aromatic rings. The standard InChI is InChI=1S/C15H20FNO/c1-3-11(2)15(18)17-10-4-5-14(17)12-6-8-13(16)9-7-12/h6-9,11,14H,3-5,10H2,1-2H3. The first kappa shape index (κ1) is 13.1. The van der Waals surface area contributed by atoms with Gasteiger partial charge in [-0.2, -0.15) is 0 Å². The van der Waals surface area contributed by atoms with Gasteiger partial charge in [-0.05, 0) is 37.0 Å². The summed E-state index contributed by atoms with van der Waals surface area (Å²) in [5.41, 5.74) is 1.05. The second-order valence-electron chi connectivity index (χ2n) is 5.05. The molecule has 0 aromatic heterocycles. The van der Waals surface area contributed by atoms with Crippen molar-refractivity contribution in [3.63, 3.8) is 0 Å². The summed E-state index contributed by atoms with van der Waals surface area (Å²) in [5, 5.41) is 0. The normalized spacial score (nSPS) is 21.1. The summed E-state index contributed by atoms with van der Waals surface area (Å²) in [7, 11) is 0. The molecule has 1 aliphatic rings. The van der Waals surface area contributed by atoms with E-state index in [4.69, 9.17) is 0 Å². The maximum Gasteiger partial charge on any atom is 0.225 e. The summed E-state index contributed by atoms with van der Waals surface area (Å²) in [6.45, 7) is 4.83. The minimum Gasteiger partial charge on any atom is -0.335 e. The highest BCUT2D eigenvalue weighted by molar-refractivity contribution is 5.79. The monoisotopic (exact) mass is 249 g/mol. The fourth-order valence-electron chi connectivity index (χ4n) is 2.52. The lowest BCUT2D eigenvalue weighted by Crippen LogP contribution is -2.34. The van der Waals surface area contributed by atoms with Crippen LogP contribution in [0.25, 0.3) is 0 Å². The Bertz CT molecular complexity index is 415. The number of hydrogen-bond donors (Lipinski definition) is 0. The fourth-order valence-corrected chi connectivity index (χ4v) is 2.52. The second-order valence-corrected chi connectivity index (χ2v) is 5.05. The van der Waals surface area contributed by atoms with Crippen LogP contribution in [0, 0.1) is 11.7 Å². The molecule has 0 saturated carbocycles. The highest BCUT2D eigenvalue weighted by atomic mass is 19.1. The third-order valence-electron chi connectivity index (χ3n) is 3.82. The molecule has 1 saturated heterocycles. The molecule has 0 bridgehead atoms. The number of carbonyl (C=O) groups excluding carboxylic acids is 1. The molecular weight excluding hydrogens is 229 g/mol. The fraction of sp³-hybridized carbons (Fsp3) is 0.533. The van der Waals surface area contributed by atoms with Crippen molar-refractivity contribution in [2.24, 2.45) is 5.92 Å². The van der Waals surface area contributed by atoms with Gasteiger partial charge in [0.15, 0.2) is 0 Å². The summed E-state index contributed by atoms with van der Waals surface area (Å²) in [4.78, 5) is 14.2. The molecule has 3 heteroatoms. The zero-order chi connectivity index (χ0) is 13.1. The molecule has 1 aliphatic heterocycles. The Labute approximate surface area is 108 Å². The van der Waals surface area contributed by atoms with Crippen LogP contribution in [0.2, 0.25) is 0 Å². The molecule has 2 nitrogen and oxygen atoms in total. The first-order valence-electron chi connectivity index (χ1n) is 6.69. The van der Waals surface area contributed by atoms with E-state index in [-0.39, 0.29) is 23.7 Å². The molecule has 1 fully saturated rings. The maximum atomic E-state index is 12.9. The zero-order valence-electron chi connectivity index (χ0n) is 11.0. The second kappa shape index (κ2) is 5.51. The molecule has 2 atom stereocenters. The van der Waals surface area contributed by atoms with Crippen LogP contribution >= 0.6 is 0 Å². The van der Waals surface area contributed by atoms with E-state index >= 15 is 0 Å². The SMILES string of the molecule is CCC(C)C(=O)N1CCCC1c1ccc(F)cc1. The number of hydrogen-bond acceptors (Lipinski definition) is 1. The number of likely N-dealkylation sites (tertiary alicyclic amines) is 1. The minimum atomic E-state index is -0.225. The average Bonchev–Trinajstić information content (AvgIpc) is 2.87. The van der Waals surface area contributed by atoms with Gasteiger partial charge in [-0.25, -0.2) is 4.39 Å². The van der Waals surface area contributed by atoms with Crippen LogP contribution in [0.4, 0.5) is 4.39 Å². The number of carbonyl (C=O) groups is 1. The van der Waals surface area contributed by atoms with Crippen molar-refractivity contribution in [2.75, 3.05) is 6.54 Å². The number of benzene rings is 1. The predicted octanol–water partition coefficient (Wildman–Crippen LogP) is 3.54. The van der Waals surface area contributed by atoms with Crippen LogP contribution in [-0.4, -0.2) is 17.4 Å². The Morgan fingerprint density at radius 1 is 1.44 bits per heavy atom. The molecule has 2 unspecified atom stereocenters. The van der Waals surface area contributed by atoms with Crippen molar-refractivity contribution in [2.45, 2.75) is 39.2 Å². The van der Waals surface area contributed by atoms with Gasteiger partial charge >= 0.3 is 0 Å². The molecule has 98 valence electrons. The van der Waals surface area contributed by atoms with Crippen LogP contribution in [0.3, 0.4) is 0 Å². The lowest BCUT2D eigenvalue weighted by Gasteiger charge is -2.27. The molecule has 1 heterocycles. The molecule has 0 N–H and O–H groups in total. The summed E-state index contributed by atoms with van der Waals surface area (Å²) >= 11 is 0. The molecule has 2 rings (SSSR count). The van der Waals surface area contributed by atoms with Crippen LogP contribution in [0.5, 0.6) is 0 Å². The van der Waals surface area contributed by atoms with E-state index in [0.29, 0.717) is 0 Å². The van der Waals surface area contributed by atoms with Crippen LogP contribution in [0.1, 0.15) is 44.7 Å². The maximum absolute atomic E-state index is 12.9. The summed E-state index contributed by atoms with van der Waals surface area (Å²) in [6, 6.07) is 6.66. The van der Waals surface area contributed by atoms with Gasteiger partial charge in [-0.1, -0.05) is 26.0 Å². The topological polar surface area (TPSA) is 20.3 Å². The predicted molar refractivity (Wildman–Crippen MR) is 69.5 cm³/mol. The Balaban J connectivity index is 2.17. The first-order chi connectivity index (χ1) is 8.63. The van der Waals surface area contributed by atoms with Gasteiger partial charge in [0, 0.05) is 12.5 Å². The summed E-state index contributed by atoms with van der Waals surface area (Å²) in [5.74, 6) is 0.0759. The summed E-state index contributed by atoms with van der Waals surface area (Å²) in [6.07, 6.45) is 2.88. The van der Waals surface area contributed by atoms with Crippen molar-refractivity contribution in [1.29, 1.82) is 0 Å². The van der Waals surface area contributed by atoms with Crippen LogP contribution in [-0.2, 0) is 4.79 Å². The van der Waals surface area contributed by atoms with E-state index < -0.39 is 0 Å². The lowest BCUT2D eigenvalue weighted by molar-refractivity contribution is -0.136. The largest absolute Gasteiger partial charge is 0.335 e.